The third-order valence-electron chi connectivity index (χ3n) is 3.95. The van der Waals surface area contributed by atoms with E-state index in [0.717, 1.165) is 18.4 Å². The number of H-pyrrole nitrogens is 1. The van der Waals surface area contributed by atoms with E-state index in [1.54, 1.807) is 6.20 Å². The highest BCUT2D eigenvalue weighted by Gasteiger charge is 2.33. The highest BCUT2D eigenvalue weighted by atomic mass is 32.2. The number of aryl methyl sites for hydroxylation is 1. The first-order chi connectivity index (χ1) is 10.9. The van der Waals surface area contributed by atoms with Gasteiger partial charge in [-0.05, 0) is 18.4 Å². The predicted molar refractivity (Wildman–Crippen MR) is 85.2 cm³/mol. The number of nitrogens with one attached hydrogen (secondary N) is 2. The van der Waals surface area contributed by atoms with Crippen LogP contribution in [-0.4, -0.2) is 67.9 Å². The van der Waals surface area contributed by atoms with Gasteiger partial charge in [0, 0.05) is 32.6 Å². The molecule has 1 saturated heterocycles. The van der Waals surface area contributed by atoms with Crippen molar-refractivity contribution in [2.45, 2.75) is 25.3 Å². The number of ether oxygens (including phenoxy) is 1. The molecule has 1 fully saturated rings. The Bertz CT molecular complexity index is 600. The van der Waals surface area contributed by atoms with Crippen LogP contribution in [0, 0.1) is 5.92 Å². The summed E-state index contributed by atoms with van der Waals surface area (Å²) in [4.78, 5) is 12.0. The summed E-state index contributed by atoms with van der Waals surface area (Å²) in [6, 6.07) is -0.244. The third-order valence-corrected chi connectivity index (χ3v) is 5.91. The first-order valence-electron chi connectivity index (χ1n) is 7.63. The fourth-order valence-corrected chi connectivity index (χ4v) is 3.66. The molecule has 2 N–H and O–H groups in total. The number of sulfonamides is 1. The van der Waals surface area contributed by atoms with E-state index in [2.05, 4.69) is 15.5 Å². The Morgan fingerprint density at radius 1 is 1.48 bits per heavy atom. The zero-order valence-corrected chi connectivity index (χ0v) is 14.3. The van der Waals surface area contributed by atoms with E-state index in [4.69, 9.17) is 4.74 Å². The van der Waals surface area contributed by atoms with Gasteiger partial charge < -0.3 is 10.1 Å². The predicted octanol–water partition coefficient (Wildman–Crippen LogP) is -0.245. The average Bonchev–Trinajstić information content (AvgIpc) is 3.11. The Labute approximate surface area is 136 Å². The number of nitrogens with zero attached hydrogens (tertiary/aromatic N) is 2. The molecule has 8 nitrogen and oxygen atoms in total. The molecule has 1 aromatic rings. The Morgan fingerprint density at radius 2 is 2.26 bits per heavy atom. The minimum atomic E-state index is -3.31. The molecule has 1 amide bonds. The molecule has 2 heterocycles. The van der Waals surface area contributed by atoms with E-state index in [-0.39, 0.29) is 23.6 Å². The van der Waals surface area contributed by atoms with Crippen molar-refractivity contribution in [1.29, 1.82) is 0 Å². The van der Waals surface area contributed by atoms with Gasteiger partial charge in [0.05, 0.1) is 31.2 Å². The van der Waals surface area contributed by atoms with Gasteiger partial charge in [-0.15, -0.1) is 0 Å². The van der Waals surface area contributed by atoms with Crippen LogP contribution in [0.5, 0.6) is 0 Å². The van der Waals surface area contributed by atoms with Gasteiger partial charge in [-0.3, -0.25) is 9.89 Å². The number of aromatic nitrogens is 2. The van der Waals surface area contributed by atoms with E-state index in [1.807, 2.05) is 6.20 Å². The summed E-state index contributed by atoms with van der Waals surface area (Å²) in [7, 11) is -0.288. The molecule has 0 spiro atoms. The molecular formula is C14H24N4O4S. The summed E-state index contributed by atoms with van der Waals surface area (Å²) < 4.78 is 30.5. The van der Waals surface area contributed by atoms with Gasteiger partial charge in [-0.1, -0.05) is 0 Å². The van der Waals surface area contributed by atoms with E-state index < -0.39 is 10.0 Å². The molecule has 130 valence electrons. The fourth-order valence-electron chi connectivity index (χ4n) is 2.49. The van der Waals surface area contributed by atoms with Crippen LogP contribution in [0.15, 0.2) is 12.4 Å². The topological polar surface area (TPSA) is 104 Å². The largest absolute Gasteiger partial charge is 0.379 e. The lowest BCUT2D eigenvalue weighted by Crippen LogP contribution is -2.43. The van der Waals surface area contributed by atoms with Gasteiger partial charge in [0.1, 0.15) is 0 Å². The monoisotopic (exact) mass is 344 g/mol. The molecule has 1 aliphatic rings. The van der Waals surface area contributed by atoms with E-state index >= 15 is 0 Å². The average molecular weight is 344 g/mol. The lowest BCUT2D eigenvalue weighted by Gasteiger charge is -2.21. The van der Waals surface area contributed by atoms with Crippen molar-refractivity contribution in [3.63, 3.8) is 0 Å². The van der Waals surface area contributed by atoms with Crippen LogP contribution in [0.3, 0.4) is 0 Å². The zero-order chi connectivity index (χ0) is 16.9. The molecule has 0 bridgehead atoms. The number of carbonyl (C=O) groups is 1. The first-order valence-corrected chi connectivity index (χ1v) is 9.24. The number of rotatable bonds is 8. The Balaban J connectivity index is 1.77. The Kier molecular flexibility index (Phi) is 6.14. The van der Waals surface area contributed by atoms with Crippen LogP contribution in [0.25, 0.3) is 0 Å². The number of hydrogen-bond acceptors (Lipinski definition) is 5. The summed E-state index contributed by atoms with van der Waals surface area (Å²) in [5.41, 5.74) is 1.07. The van der Waals surface area contributed by atoms with Crippen LogP contribution >= 0.6 is 0 Å². The maximum atomic E-state index is 12.0. The summed E-state index contributed by atoms with van der Waals surface area (Å²) in [5.74, 6) is -0.295. The zero-order valence-electron chi connectivity index (χ0n) is 13.5. The second-order valence-corrected chi connectivity index (χ2v) is 8.22. The smallest absolute Gasteiger partial charge is 0.220 e. The molecule has 0 saturated carbocycles. The van der Waals surface area contributed by atoms with Crippen molar-refractivity contribution in [1.82, 2.24) is 19.8 Å². The molecule has 0 aromatic carbocycles. The van der Waals surface area contributed by atoms with Gasteiger partial charge in [-0.25, -0.2) is 12.7 Å². The van der Waals surface area contributed by atoms with Crippen LogP contribution < -0.4 is 5.32 Å². The molecule has 9 heteroatoms. The highest BCUT2D eigenvalue weighted by molar-refractivity contribution is 7.89. The van der Waals surface area contributed by atoms with Gasteiger partial charge in [-0.2, -0.15) is 5.10 Å². The third kappa shape index (κ3) is 5.29. The Hall–Kier alpha value is -1.45. The molecule has 23 heavy (non-hydrogen) atoms. The van der Waals surface area contributed by atoms with Crippen LogP contribution in [-0.2, 0) is 26.0 Å². The summed E-state index contributed by atoms with van der Waals surface area (Å²) in [6.07, 6.45) is 5.45. The van der Waals surface area contributed by atoms with Gasteiger partial charge in [0.15, 0.2) is 0 Å². The van der Waals surface area contributed by atoms with Crippen molar-refractivity contribution >= 4 is 15.9 Å². The fraction of sp³-hybridized carbons (Fsp3) is 0.714. The number of aromatic amines is 1. The summed E-state index contributed by atoms with van der Waals surface area (Å²) >= 11 is 0. The summed E-state index contributed by atoms with van der Waals surface area (Å²) in [5, 5.41) is 9.49. The van der Waals surface area contributed by atoms with E-state index in [9.17, 15) is 13.2 Å². The second kappa shape index (κ2) is 7.89. The minimum absolute atomic E-state index is 0.0139. The SMILES string of the molecule is CN(C)S(=O)(=O)C[C@@H]1COC[C@H]1NC(=O)CCCc1cn[nH]c1. The maximum Gasteiger partial charge on any atom is 0.220 e. The normalized spacial score (nSPS) is 21.7. The molecule has 0 aliphatic carbocycles. The standard InChI is InChI=1S/C14H24N4O4S/c1-18(2)23(20,21)10-12-8-22-9-13(12)17-14(19)5-3-4-11-6-15-16-7-11/h6-7,12-13H,3-5,8-10H2,1-2H3,(H,15,16)(H,17,19)/t12-,13+/m0/s1. The quantitative estimate of drug-likeness (QED) is 0.677. The Morgan fingerprint density at radius 3 is 2.91 bits per heavy atom. The lowest BCUT2D eigenvalue weighted by atomic mass is 10.1. The number of carbonyl (C=O) groups excluding carboxylic acids is 1. The van der Waals surface area contributed by atoms with Gasteiger partial charge in [0.2, 0.25) is 15.9 Å². The molecule has 2 atom stereocenters. The number of hydrogen-bond donors (Lipinski definition) is 2. The molecule has 2 rings (SSSR count). The van der Waals surface area contributed by atoms with E-state index in [1.165, 1.54) is 18.4 Å². The molecule has 1 aromatic heterocycles. The maximum absolute atomic E-state index is 12.0. The lowest BCUT2D eigenvalue weighted by molar-refractivity contribution is -0.122. The second-order valence-electron chi connectivity index (χ2n) is 5.99. The highest BCUT2D eigenvalue weighted by Crippen LogP contribution is 2.17. The van der Waals surface area contributed by atoms with Crippen LogP contribution in [0.4, 0.5) is 0 Å². The van der Waals surface area contributed by atoms with Crippen molar-refractivity contribution in [3.05, 3.63) is 18.0 Å². The van der Waals surface area contributed by atoms with Crippen molar-refractivity contribution < 1.29 is 17.9 Å². The first kappa shape index (κ1) is 17.9. The van der Waals surface area contributed by atoms with Crippen LogP contribution in [0.1, 0.15) is 18.4 Å². The molecular weight excluding hydrogens is 320 g/mol. The van der Waals surface area contributed by atoms with Crippen LogP contribution in [0.2, 0.25) is 0 Å². The summed E-state index contributed by atoms with van der Waals surface area (Å²) in [6.45, 7) is 0.716. The molecule has 1 aliphatic heterocycles. The van der Waals surface area contributed by atoms with Gasteiger partial charge >= 0.3 is 0 Å². The molecule has 0 unspecified atom stereocenters. The van der Waals surface area contributed by atoms with E-state index in [0.29, 0.717) is 19.6 Å². The van der Waals surface area contributed by atoms with Crippen molar-refractivity contribution in [2.75, 3.05) is 33.1 Å². The minimum Gasteiger partial charge on any atom is -0.379 e. The molecule has 0 radical (unpaired) electrons. The van der Waals surface area contributed by atoms with Crippen molar-refractivity contribution in [3.8, 4) is 0 Å². The van der Waals surface area contributed by atoms with Gasteiger partial charge in [0.25, 0.3) is 0 Å². The number of amides is 1. The van der Waals surface area contributed by atoms with Crippen molar-refractivity contribution in [2.24, 2.45) is 5.92 Å².